The Kier molecular flexibility index (Phi) is 8.94. The van der Waals surface area contributed by atoms with Crippen molar-refractivity contribution in [2.75, 3.05) is 0 Å². The Bertz CT molecular complexity index is 1020. The SMILES string of the molecule is C(=C=C(Sc1ccccc1)Sc1ccccc1)=C(Sc1ccccc1)Sc1ccccc1. The van der Waals surface area contributed by atoms with E-state index in [0.29, 0.717) is 0 Å². The van der Waals surface area contributed by atoms with E-state index in [0.717, 1.165) is 8.47 Å². The number of thioether (sulfide) groups is 4. The van der Waals surface area contributed by atoms with Crippen LogP contribution in [0, 0.1) is 0 Å². The number of rotatable bonds is 8. The second-order valence-electron chi connectivity index (χ2n) is 6.49. The first-order valence-electron chi connectivity index (χ1n) is 10.0. The normalized spacial score (nSPS) is 10.1. The first-order valence-corrected chi connectivity index (χ1v) is 13.3. The van der Waals surface area contributed by atoms with Gasteiger partial charge in [-0.3, -0.25) is 0 Å². The van der Waals surface area contributed by atoms with E-state index in [4.69, 9.17) is 0 Å². The van der Waals surface area contributed by atoms with Crippen molar-refractivity contribution < 1.29 is 0 Å². The summed E-state index contributed by atoms with van der Waals surface area (Å²) < 4.78 is 2.12. The molecule has 156 valence electrons. The van der Waals surface area contributed by atoms with Gasteiger partial charge in [0.15, 0.2) is 0 Å². The second kappa shape index (κ2) is 12.6. The minimum Gasteiger partial charge on any atom is -0.0737 e. The molecule has 0 atom stereocenters. The van der Waals surface area contributed by atoms with E-state index < -0.39 is 0 Å². The molecule has 0 N–H and O–H groups in total. The van der Waals surface area contributed by atoms with Gasteiger partial charge in [-0.1, -0.05) is 120 Å². The highest BCUT2D eigenvalue weighted by molar-refractivity contribution is 8.22. The van der Waals surface area contributed by atoms with Crippen LogP contribution in [-0.4, -0.2) is 0 Å². The van der Waals surface area contributed by atoms with Crippen LogP contribution in [0.4, 0.5) is 0 Å². The summed E-state index contributed by atoms with van der Waals surface area (Å²) in [5, 5.41) is 0. The predicted molar refractivity (Wildman–Crippen MR) is 143 cm³/mol. The van der Waals surface area contributed by atoms with Crippen LogP contribution >= 0.6 is 47.0 Å². The van der Waals surface area contributed by atoms with Crippen LogP contribution in [0.1, 0.15) is 0 Å². The molecular formula is C28H20S4. The van der Waals surface area contributed by atoms with E-state index in [1.807, 2.05) is 24.3 Å². The molecule has 0 spiro atoms. The van der Waals surface area contributed by atoms with Gasteiger partial charge in [0, 0.05) is 19.6 Å². The Labute approximate surface area is 206 Å². The summed E-state index contributed by atoms with van der Waals surface area (Å²) in [6.45, 7) is 0. The first-order chi connectivity index (χ1) is 15.8. The van der Waals surface area contributed by atoms with E-state index in [1.165, 1.54) is 19.6 Å². The van der Waals surface area contributed by atoms with Crippen LogP contribution in [0.3, 0.4) is 0 Å². The van der Waals surface area contributed by atoms with Gasteiger partial charge in [0.05, 0.1) is 0 Å². The Morgan fingerprint density at radius 3 is 0.781 bits per heavy atom. The third-order valence-corrected chi connectivity index (χ3v) is 8.26. The molecule has 32 heavy (non-hydrogen) atoms. The summed E-state index contributed by atoms with van der Waals surface area (Å²) in [6, 6.07) is 41.7. The van der Waals surface area contributed by atoms with Gasteiger partial charge in [-0.05, 0) is 60.0 Å². The minimum absolute atomic E-state index is 1.06. The predicted octanol–water partition coefficient (Wildman–Crippen LogP) is 9.59. The van der Waals surface area contributed by atoms with Gasteiger partial charge in [0.25, 0.3) is 0 Å². The highest BCUT2D eigenvalue weighted by Gasteiger charge is 2.05. The fourth-order valence-electron chi connectivity index (χ4n) is 2.63. The molecule has 0 radical (unpaired) electrons. The molecule has 0 nitrogen and oxygen atoms in total. The topological polar surface area (TPSA) is 0 Å². The second-order valence-corrected chi connectivity index (χ2v) is 11.3. The minimum atomic E-state index is 1.06. The highest BCUT2D eigenvalue weighted by atomic mass is 32.2. The maximum Gasteiger partial charge on any atom is 0.100 e. The Morgan fingerprint density at radius 1 is 0.344 bits per heavy atom. The van der Waals surface area contributed by atoms with E-state index in [1.54, 1.807) is 47.0 Å². The maximum absolute atomic E-state index is 3.47. The number of benzene rings is 4. The lowest BCUT2D eigenvalue weighted by Crippen LogP contribution is -1.75. The van der Waals surface area contributed by atoms with Crippen LogP contribution in [-0.2, 0) is 0 Å². The quantitative estimate of drug-likeness (QED) is 0.180. The summed E-state index contributed by atoms with van der Waals surface area (Å²) in [5.41, 5.74) is 6.94. The first kappa shape index (κ1) is 22.8. The van der Waals surface area contributed by atoms with Crippen molar-refractivity contribution in [3.63, 3.8) is 0 Å². The maximum atomic E-state index is 3.47. The Morgan fingerprint density at radius 2 is 0.562 bits per heavy atom. The lowest BCUT2D eigenvalue weighted by molar-refractivity contribution is 1.46. The zero-order valence-electron chi connectivity index (χ0n) is 17.2. The molecule has 4 rings (SSSR count). The van der Waals surface area contributed by atoms with Crippen molar-refractivity contribution in [3.05, 3.63) is 141 Å². The molecule has 0 aliphatic carbocycles. The largest absolute Gasteiger partial charge is 0.100 e. The molecule has 0 saturated carbocycles. The van der Waals surface area contributed by atoms with E-state index in [2.05, 4.69) is 109 Å². The van der Waals surface area contributed by atoms with Crippen molar-refractivity contribution in [2.24, 2.45) is 0 Å². The van der Waals surface area contributed by atoms with Gasteiger partial charge in [-0.2, -0.15) is 0 Å². The molecule has 0 unspecified atom stereocenters. The zero-order chi connectivity index (χ0) is 21.8. The van der Waals surface area contributed by atoms with Gasteiger partial charge in [-0.25, -0.2) is 0 Å². The average molecular weight is 485 g/mol. The van der Waals surface area contributed by atoms with Crippen LogP contribution in [0.15, 0.2) is 161 Å². The zero-order valence-corrected chi connectivity index (χ0v) is 20.4. The Balaban J connectivity index is 1.72. The van der Waals surface area contributed by atoms with Gasteiger partial charge in [0.1, 0.15) is 8.47 Å². The molecule has 4 heteroatoms. The fourth-order valence-corrected chi connectivity index (χ4v) is 6.55. The van der Waals surface area contributed by atoms with E-state index in [-0.39, 0.29) is 0 Å². The fraction of sp³-hybridized carbons (Fsp3) is 0. The van der Waals surface area contributed by atoms with Crippen molar-refractivity contribution in [1.29, 1.82) is 0 Å². The van der Waals surface area contributed by atoms with Crippen LogP contribution in [0.25, 0.3) is 0 Å². The molecule has 0 heterocycles. The van der Waals surface area contributed by atoms with E-state index in [9.17, 15) is 0 Å². The van der Waals surface area contributed by atoms with Gasteiger partial charge in [0.2, 0.25) is 0 Å². The van der Waals surface area contributed by atoms with Crippen molar-refractivity contribution in [1.82, 2.24) is 0 Å². The molecule has 0 saturated heterocycles. The molecule has 0 aromatic heterocycles. The summed E-state index contributed by atoms with van der Waals surface area (Å²) >= 11 is 6.85. The Hall–Kier alpha value is -2.42. The van der Waals surface area contributed by atoms with Gasteiger partial charge >= 0.3 is 0 Å². The van der Waals surface area contributed by atoms with Crippen molar-refractivity contribution in [2.45, 2.75) is 19.6 Å². The lowest BCUT2D eigenvalue weighted by atomic mass is 10.4. The third-order valence-electron chi connectivity index (χ3n) is 4.08. The van der Waals surface area contributed by atoms with Crippen LogP contribution < -0.4 is 0 Å². The van der Waals surface area contributed by atoms with Crippen LogP contribution in [0.2, 0.25) is 0 Å². The van der Waals surface area contributed by atoms with Crippen molar-refractivity contribution in [3.8, 4) is 0 Å². The van der Waals surface area contributed by atoms with Crippen LogP contribution in [0.5, 0.6) is 0 Å². The molecule has 0 fully saturated rings. The summed E-state index contributed by atoms with van der Waals surface area (Å²) in [6.07, 6.45) is 0. The molecular weight excluding hydrogens is 465 g/mol. The smallest absolute Gasteiger partial charge is 0.0737 e. The summed E-state index contributed by atoms with van der Waals surface area (Å²) in [5.74, 6) is 0. The van der Waals surface area contributed by atoms with Gasteiger partial charge < -0.3 is 0 Å². The number of hydrogen-bond acceptors (Lipinski definition) is 4. The van der Waals surface area contributed by atoms with E-state index >= 15 is 0 Å². The monoisotopic (exact) mass is 484 g/mol. The molecule has 4 aromatic carbocycles. The highest BCUT2D eigenvalue weighted by Crippen LogP contribution is 2.40. The standard InChI is InChI=1S/C28H20S4/c1-5-13-23(14-6-1)29-27(30-24-15-7-2-8-16-24)21-22-28(31-25-17-9-3-10-18-25)32-26-19-11-4-12-20-26/h1-20H. The molecule has 0 amide bonds. The molecule has 4 aromatic rings. The average Bonchev–Trinajstić information content (AvgIpc) is 2.85. The summed E-state index contributed by atoms with van der Waals surface area (Å²) in [7, 11) is 0. The third kappa shape index (κ3) is 7.62. The molecule has 0 aliphatic rings. The molecule has 0 bridgehead atoms. The lowest BCUT2D eigenvalue weighted by Gasteiger charge is -2.05. The number of hydrogen-bond donors (Lipinski definition) is 0. The summed E-state index contributed by atoms with van der Waals surface area (Å²) in [4.78, 5) is 4.75. The van der Waals surface area contributed by atoms with Crippen molar-refractivity contribution >= 4 is 47.0 Å². The molecule has 0 aliphatic heterocycles. The van der Waals surface area contributed by atoms with Gasteiger partial charge in [-0.15, -0.1) is 0 Å².